The van der Waals surface area contributed by atoms with Gasteiger partial charge in [-0.15, -0.1) is 0 Å². The molecule has 0 aromatic rings. The molecule has 1 rings (SSSR count). The molecule has 5 nitrogen and oxygen atoms in total. The molecule has 18 heavy (non-hydrogen) atoms. The zero-order valence-electron chi connectivity index (χ0n) is 11.9. The van der Waals surface area contributed by atoms with Gasteiger partial charge in [0, 0.05) is 13.2 Å². The second kappa shape index (κ2) is 7.07. The Morgan fingerprint density at radius 2 is 2.33 bits per heavy atom. The van der Waals surface area contributed by atoms with Crippen molar-refractivity contribution >= 4 is 5.91 Å². The van der Waals surface area contributed by atoms with Gasteiger partial charge in [0.2, 0.25) is 5.91 Å². The fraction of sp³-hybridized carbons (Fsp3) is 0.923. The van der Waals surface area contributed by atoms with Gasteiger partial charge < -0.3 is 20.7 Å². The molecule has 0 saturated carbocycles. The third kappa shape index (κ3) is 4.55. The molecule has 0 aromatic heterocycles. The van der Waals surface area contributed by atoms with Gasteiger partial charge in [0.25, 0.3) is 0 Å². The number of hydrogen-bond donors (Lipinski definition) is 2. The first-order valence-electron chi connectivity index (χ1n) is 6.77. The molecular weight excluding hydrogens is 230 g/mol. The molecule has 1 aliphatic rings. The van der Waals surface area contributed by atoms with Crippen LogP contribution in [0.5, 0.6) is 0 Å². The molecule has 106 valence electrons. The average molecular weight is 257 g/mol. The molecule has 1 amide bonds. The van der Waals surface area contributed by atoms with E-state index in [1.54, 1.807) is 7.05 Å². The van der Waals surface area contributed by atoms with Crippen LogP contribution in [0.25, 0.3) is 0 Å². The number of hydrogen-bond acceptors (Lipinski definition) is 4. The lowest BCUT2D eigenvalue weighted by Crippen LogP contribution is -2.51. The number of nitrogens with one attached hydrogen (secondary N) is 1. The Kier molecular flexibility index (Phi) is 6.05. The summed E-state index contributed by atoms with van der Waals surface area (Å²) < 4.78 is 5.60. The van der Waals surface area contributed by atoms with Gasteiger partial charge in [-0.2, -0.15) is 0 Å². The molecular formula is C13H27N3O2. The highest BCUT2D eigenvalue weighted by Gasteiger charge is 2.28. The van der Waals surface area contributed by atoms with E-state index >= 15 is 0 Å². The van der Waals surface area contributed by atoms with E-state index in [0.29, 0.717) is 6.10 Å². The summed E-state index contributed by atoms with van der Waals surface area (Å²) in [5.74, 6) is -0.285. The van der Waals surface area contributed by atoms with Crippen LogP contribution in [0, 0.1) is 0 Å². The summed E-state index contributed by atoms with van der Waals surface area (Å²) in [6.07, 6.45) is 4.44. The molecule has 3 N–H and O–H groups in total. The molecule has 0 spiro atoms. The van der Waals surface area contributed by atoms with E-state index in [1.165, 1.54) is 12.8 Å². The molecule has 2 atom stereocenters. The predicted octanol–water partition coefficient (Wildman–Crippen LogP) is 0.341. The molecule has 0 bridgehead atoms. The van der Waals surface area contributed by atoms with E-state index in [9.17, 15) is 4.79 Å². The Morgan fingerprint density at radius 1 is 1.61 bits per heavy atom. The summed E-state index contributed by atoms with van der Waals surface area (Å²) in [4.78, 5) is 13.6. The predicted molar refractivity (Wildman–Crippen MR) is 72.4 cm³/mol. The van der Waals surface area contributed by atoms with Gasteiger partial charge in [0.05, 0.1) is 11.6 Å². The molecule has 5 heteroatoms. The van der Waals surface area contributed by atoms with Crippen molar-refractivity contribution in [1.82, 2.24) is 10.2 Å². The molecule has 1 aliphatic heterocycles. The van der Waals surface area contributed by atoms with E-state index in [0.717, 1.165) is 32.5 Å². The highest BCUT2D eigenvalue weighted by Crippen LogP contribution is 2.14. The minimum atomic E-state index is -0.593. The van der Waals surface area contributed by atoms with Gasteiger partial charge in [0.1, 0.15) is 0 Å². The fourth-order valence-electron chi connectivity index (χ4n) is 2.30. The lowest BCUT2D eigenvalue weighted by atomic mass is 9.95. The number of nitrogens with two attached hydrogens (primary N) is 1. The summed E-state index contributed by atoms with van der Waals surface area (Å²) in [6.45, 7) is 4.70. The Morgan fingerprint density at radius 3 is 2.83 bits per heavy atom. The molecule has 2 unspecified atom stereocenters. The van der Waals surface area contributed by atoms with Crippen molar-refractivity contribution in [2.45, 2.75) is 44.2 Å². The summed E-state index contributed by atoms with van der Waals surface area (Å²) in [5, 5.41) is 3.01. The number of amides is 1. The monoisotopic (exact) mass is 257 g/mol. The Labute approximate surface area is 110 Å². The van der Waals surface area contributed by atoms with Crippen molar-refractivity contribution in [3.8, 4) is 0 Å². The third-order valence-corrected chi connectivity index (χ3v) is 3.85. The van der Waals surface area contributed by atoms with Gasteiger partial charge in [0.15, 0.2) is 0 Å². The Hall–Kier alpha value is -0.650. The molecule has 0 aliphatic carbocycles. The quantitative estimate of drug-likeness (QED) is 0.658. The lowest BCUT2D eigenvalue weighted by molar-refractivity contribution is -0.123. The lowest BCUT2D eigenvalue weighted by Gasteiger charge is -2.27. The molecule has 1 fully saturated rings. The Balaban J connectivity index is 2.21. The van der Waals surface area contributed by atoms with E-state index in [2.05, 4.69) is 17.3 Å². The maximum atomic E-state index is 11.3. The van der Waals surface area contributed by atoms with Crippen LogP contribution >= 0.6 is 0 Å². The maximum Gasteiger partial charge on any atom is 0.237 e. The topological polar surface area (TPSA) is 67.6 Å². The first-order chi connectivity index (χ1) is 8.48. The van der Waals surface area contributed by atoms with Crippen LogP contribution in [-0.4, -0.2) is 56.2 Å². The number of carbonyl (C=O) groups excluding carboxylic acids is 1. The summed E-state index contributed by atoms with van der Waals surface area (Å²) in [6, 6.07) is 0. The van der Waals surface area contributed by atoms with Crippen molar-refractivity contribution in [3.63, 3.8) is 0 Å². The zero-order chi connectivity index (χ0) is 13.6. The minimum Gasteiger partial charge on any atom is -0.377 e. The first kappa shape index (κ1) is 15.4. The van der Waals surface area contributed by atoms with E-state index in [4.69, 9.17) is 10.5 Å². The average Bonchev–Trinajstić information content (AvgIpc) is 2.81. The number of likely N-dealkylation sites (N-methyl/N-ethyl adjacent to an activating group) is 2. The van der Waals surface area contributed by atoms with Crippen LogP contribution in [0.4, 0.5) is 0 Å². The van der Waals surface area contributed by atoms with E-state index < -0.39 is 5.54 Å². The van der Waals surface area contributed by atoms with Crippen molar-refractivity contribution in [2.75, 3.05) is 33.8 Å². The second-order valence-corrected chi connectivity index (χ2v) is 5.45. The molecule has 0 aromatic carbocycles. The van der Waals surface area contributed by atoms with Crippen molar-refractivity contribution in [3.05, 3.63) is 0 Å². The van der Waals surface area contributed by atoms with Crippen LogP contribution in [0.1, 0.15) is 32.6 Å². The van der Waals surface area contributed by atoms with Gasteiger partial charge in [-0.05, 0) is 53.2 Å². The number of carbonyl (C=O) groups is 1. The van der Waals surface area contributed by atoms with E-state index in [1.807, 2.05) is 6.92 Å². The number of nitrogens with zero attached hydrogens (tertiary/aromatic N) is 1. The summed E-state index contributed by atoms with van der Waals surface area (Å²) in [5.41, 5.74) is 4.80. The van der Waals surface area contributed by atoms with Crippen molar-refractivity contribution < 1.29 is 9.53 Å². The third-order valence-electron chi connectivity index (χ3n) is 3.85. The molecule has 0 radical (unpaired) electrons. The van der Waals surface area contributed by atoms with E-state index in [-0.39, 0.29) is 5.91 Å². The van der Waals surface area contributed by atoms with Crippen LogP contribution in [-0.2, 0) is 9.53 Å². The van der Waals surface area contributed by atoms with Crippen LogP contribution < -0.4 is 11.1 Å². The minimum absolute atomic E-state index is 0.285. The zero-order valence-corrected chi connectivity index (χ0v) is 11.9. The first-order valence-corrected chi connectivity index (χ1v) is 6.77. The molecule has 1 heterocycles. The standard InChI is InChI=1S/C13H27N3O2/c1-13(15-2,12(14)17)7-5-8-16(3)10-11-6-4-9-18-11/h11,15H,4-10H2,1-3H3,(H2,14,17). The highest BCUT2D eigenvalue weighted by molar-refractivity contribution is 5.84. The largest absolute Gasteiger partial charge is 0.377 e. The van der Waals surface area contributed by atoms with Gasteiger partial charge in [-0.25, -0.2) is 0 Å². The van der Waals surface area contributed by atoms with Gasteiger partial charge >= 0.3 is 0 Å². The van der Waals surface area contributed by atoms with Crippen molar-refractivity contribution in [1.29, 1.82) is 0 Å². The summed E-state index contributed by atoms with van der Waals surface area (Å²) in [7, 11) is 3.88. The highest BCUT2D eigenvalue weighted by atomic mass is 16.5. The van der Waals surface area contributed by atoms with Crippen LogP contribution in [0.2, 0.25) is 0 Å². The van der Waals surface area contributed by atoms with Gasteiger partial charge in [-0.1, -0.05) is 0 Å². The maximum absolute atomic E-state index is 11.3. The fourth-order valence-corrected chi connectivity index (χ4v) is 2.30. The second-order valence-electron chi connectivity index (χ2n) is 5.45. The number of rotatable bonds is 8. The number of ether oxygens (including phenoxy) is 1. The van der Waals surface area contributed by atoms with Gasteiger partial charge in [-0.3, -0.25) is 4.79 Å². The SMILES string of the molecule is CNC(C)(CCCN(C)CC1CCCO1)C(N)=O. The number of primary amides is 1. The Bertz CT molecular complexity index is 267. The van der Waals surface area contributed by atoms with Crippen molar-refractivity contribution in [2.24, 2.45) is 5.73 Å². The summed E-state index contributed by atoms with van der Waals surface area (Å²) >= 11 is 0. The van der Waals surface area contributed by atoms with Crippen LogP contribution in [0.15, 0.2) is 0 Å². The molecule has 1 saturated heterocycles. The van der Waals surface area contributed by atoms with Crippen LogP contribution in [0.3, 0.4) is 0 Å². The smallest absolute Gasteiger partial charge is 0.237 e. The normalized spacial score (nSPS) is 23.2.